The van der Waals surface area contributed by atoms with Crippen molar-refractivity contribution < 1.29 is 18.7 Å². The number of nitrogens with one attached hydrogen (secondary N) is 1. The van der Waals surface area contributed by atoms with Crippen LogP contribution in [0.4, 0.5) is 10.1 Å². The number of benzene rings is 2. The van der Waals surface area contributed by atoms with E-state index in [2.05, 4.69) is 36.8 Å². The molecule has 7 heterocycles. The summed E-state index contributed by atoms with van der Waals surface area (Å²) >= 11 is 13.2. The Labute approximate surface area is 340 Å². The molecule has 1 amide bonds. The Hall–Kier alpha value is -4.47. The van der Waals surface area contributed by atoms with Crippen molar-refractivity contribution in [3.63, 3.8) is 0 Å². The summed E-state index contributed by atoms with van der Waals surface area (Å²) < 4.78 is 30.9. The van der Waals surface area contributed by atoms with E-state index in [1.54, 1.807) is 31.5 Å². The molecule has 2 aromatic carbocycles. The van der Waals surface area contributed by atoms with Crippen LogP contribution in [0.1, 0.15) is 61.1 Å². The van der Waals surface area contributed by atoms with Crippen LogP contribution >= 0.6 is 23.2 Å². The van der Waals surface area contributed by atoms with E-state index < -0.39 is 5.82 Å². The third-order valence-corrected chi connectivity index (χ3v) is 14.0. The van der Waals surface area contributed by atoms with Gasteiger partial charge in [-0.3, -0.25) is 4.79 Å². The van der Waals surface area contributed by atoms with Crippen molar-refractivity contribution in [2.24, 2.45) is 17.8 Å². The summed E-state index contributed by atoms with van der Waals surface area (Å²) in [6, 6.07) is 16.1. The Morgan fingerprint density at radius 2 is 1.95 bits per heavy atom. The Morgan fingerprint density at radius 3 is 2.70 bits per heavy atom. The van der Waals surface area contributed by atoms with E-state index in [0.29, 0.717) is 58.5 Å². The zero-order valence-corrected chi connectivity index (χ0v) is 33.5. The Balaban J connectivity index is 1.16. The summed E-state index contributed by atoms with van der Waals surface area (Å²) in [5, 5.41) is 15.7. The van der Waals surface area contributed by atoms with Gasteiger partial charge in [-0.1, -0.05) is 35.3 Å². The molecule has 4 aliphatic heterocycles. The largest absolute Gasteiger partial charge is 0.475 e. The van der Waals surface area contributed by atoms with Gasteiger partial charge in [0.25, 0.3) is 0 Å². The second kappa shape index (κ2) is 14.4. The van der Waals surface area contributed by atoms with Crippen LogP contribution in [0, 0.1) is 41.8 Å². The van der Waals surface area contributed by atoms with E-state index in [1.807, 2.05) is 25.1 Å². The lowest BCUT2D eigenvalue weighted by Gasteiger charge is -2.40. The number of amides is 1. The van der Waals surface area contributed by atoms with Gasteiger partial charge < -0.3 is 29.2 Å². The summed E-state index contributed by atoms with van der Waals surface area (Å²) in [6.07, 6.45) is 6.16. The number of hydrogen-bond acceptors (Lipinski definition) is 8. The number of carbonyl (C=O) groups is 1. The second-order valence-electron chi connectivity index (χ2n) is 16.5. The van der Waals surface area contributed by atoms with E-state index in [4.69, 9.17) is 37.7 Å². The minimum atomic E-state index is -0.473. The number of carbonyl (C=O) groups excluding carboxylic acids is 1. The number of fused-ring (bicyclic) bond motifs is 6. The summed E-state index contributed by atoms with van der Waals surface area (Å²) in [4.78, 5) is 28.6. The number of halogens is 3. The van der Waals surface area contributed by atoms with Crippen LogP contribution in [0.25, 0.3) is 32.9 Å². The molecule has 57 heavy (non-hydrogen) atoms. The van der Waals surface area contributed by atoms with E-state index in [1.165, 1.54) is 0 Å². The molecule has 4 bridgehead atoms. The highest BCUT2D eigenvalue weighted by Gasteiger charge is 2.55. The van der Waals surface area contributed by atoms with Gasteiger partial charge in [-0.25, -0.2) is 14.4 Å². The van der Waals surface area contributed by atoms with Gasteiger partial charge in [-0.2, -0.15) is 5.26 Å². The van der Waals surface area contributed by atoms with Crippen molar-refractivity contribution >= 4 is 56.6 Å². The monoisotopic (exact) mass is 807 g/mol. The molecular formula is C44H44Cl2FN7O3. The maximum absolute atomic E-state index is 17.4. The molecule has 3 aromatic heterocycles. The van der Waals surface area contributed by atoms with E-state index >= 15 is 4.39 Å². The molecule has 6 fully saturated rings. The summed E-state index contributed by atoms with van der Waals surface area (Å²) in [7, 11) is 1.65. The first kappa shape index (κ1) is 36.8. The molecular weight excluding hydrogens is 764 g/mol. The quantitative estimate of drug-likeness (QED) is 0.133. The fourth-order valence-corrected chi connectivity index (χ4v) is 10.8. The first-order valence-corrected chi connectivity index (χ1v) is 20.9. The smallest absolute Gasteiger partial charge is 0.226 e. The normalized spacial score (nSPS) is 25.0. The SMILES string of the molecule is COCCOc1cc(N2CC3CC(C2)N(C(=O)C2CC2)C3c2cc3c(C)nc4c(F)c(-c5cccc(Cl)c5Cl)c(CCC#N)cc4c3n2C2C3CNC2C3)ccn1. The molecule has 6 atom stereocenters. The maximum atomic E-state index is 17.4. The van der Waals surface area contributed by atoms with E-state index in [0.717, 1.165) is 73.3 Å². The molecule has 5 aromatic rings. The minimum Gasteiger partial charge on any atom is -0.475 e. The topological polar surface area (TPSA) is 109 Å². The molecule has 2 saturated carbocycles. The van der Waals surface area contributed by atoms with Crippen molar-refractivity contribution in [3.8, 4) is 23.1 Å². The van der Waals surface area contributed by atoms with Crippen molar-refractivity contribution in [2.75, 3.05) is 44.9 Å². The minimum absolute atomic E-state index is 0.0339. The number of nitrogens with zero attached hydrogens (tertiary/aromatic N) is 6. The lowest BCUT2D eigenvalue weighted by molar-refractivity contribution is -0.135. The van der Waals surface area contributed by atoms with Crippen LogP contribution < -0.4 is 15.0 Å². The number of pyridine rings is 2. The fourth-order valence-electron chi connectivity index (χ4n) is 10.4. The first-order valence-electron chi connectivity index (χ1n) is 20.1. The summed E-state index contributed by atoms with van der Waals surface area (Å²) in [6.45, 7) is 5.24. The molecule has 4 saturated heterocycles. The first-order chi connectivity index (χ1) is 27.7. The second-order valence-corrected chi connectivity index (χ2v) is 17.3. The molecule has 6 aliphatic rings. The average Bonchev–Trinajstić information content (AvgIpc) is 3.49. The predicted octanol–water partition coefficient (Wildman–Crippen LogP) is 8.21. The molecule has 13 heteroatoms. The lowest BCUT2D eigenvalue weighted by atomic mass is 9.79. The van der Waals surface area contributed by atoms with Crippen LogP contribution in [0.3, 0.4) is 0 Å². The fraction of sp³-hybridized carbons (Fsp3) is 0.455. The number of ether oxygens (including phenoxy) is 2. The van der Waals surface area contributed by atoms with Crippen molar-refractivity contribution in [1.82, 2.24) is 24.8 Å². The van der Waals surface area contributed by atoms with Crippen LogP contribution in [-0.4, -0.2) is 77.4 Å². The highest BCUT2D eigenvalue weighted by molar-refractivity contribution is 6.43. The van der Waals surface area contributed by atoms with Crippen LogP contribution in [-0.2, 0) is 16.0 Å². The average molecular weight is 809 g/mol. The molecule has 294 valence electrons. The Morgan fingerprint density at radius 1 is 1.09 bits per heavy atom. The van der Waals surface area contributed by atoms with Gasteiger partial charge in [0, 0.05) is 102 Å². The van der Waals surface area contributed by atoms with Crippen LogP contribution in [0.2, 0.25) is 10.0 Å². The number of methoxy groups -OCH3 is 1. The molecule has 2 aliphatic carbocycles. The van der Waals surface area contributed by atoms with Gasteiger partial charge in [-0.05, 0) is 74.8 Å². The highest BCUT2D eigenvalue weighted by atomic mass is 35.5. The lowest BCUT2D eigenvalue weighted by Crippen LogP contribution is -2.45. The van der Waals surface area contributed by atoms with Crippen molar-refractivity contribution in [1.29, 1.82) is 5.26 Å². The molecule has 1 N–H and O–H groups in total. The summed E-state index contributed by atoms with van der Waals surface area (Å²) in [5.74, 6) is 0.948. The van der Waals surface area contributed by atoms with E-state index in [9.17, 15) is 10.1 Å². The number of nitriles is 1. The van der Waals surface area contributed by atoms with Gasteiger partial charge in [0.1, 0.15) is 12.1 Å². The molecule has 6 unspecified atom stereocenters. The van der Waals surface area contributed by atoms with E-state index in [-0.39, 0.29) is 58.9 Å². The molecule has 0 spiro atoms. The number of piperidine rings is 1. The van der Waals surface area contributed by atoms with Gasteiger partial charge >= 0.3 is 0 Å². The number of hydrogen-bond donors (Lipinski definition) is 1. The van der Waals surface area contributed by atoms with Crippen LogP contribution in [0.15, 0.2) is 48.7 Å². The van der Waals surface area contributed by atoms with Gasteiger partial charge in [0.15, 0.2) is 5.82 Å². The van der Waals surface area contributed by atoms with Crippen molar-refractivity contribution in [3.05, 3.63) is 81.5 Å². The Bertz CT molecular complexity index is 2470. The third-order valence-electron chi connectivity index (χ3n) is 13.1. The molecule has 10 nitrogen and oxygen atoms in total. The standard InChI is InChI=1S/C44H44Cl2FN7O3/c1-23-31-19-35(42-27-15-29(53(42)44(55)24-8-9-24)22-52(21-27)28-10-12-49-36(18-28)57-14-13-56-2)54(41-26-17-34(41)50-20-26)43(31)32-16-25(5-4-11-48)37(39(47)40(32)51-23)30-6-3-7-33(45)38(30)46/h3,6-7,10,12,16,18-19,24,26-27,29,34,41-42,50H,4-5,8-9,13-15,17,20-22H2,1-2H3. The van der Waals surface area contributed by atoms with Gasteiger partial charge in [0.2, 0.25) is 11.8 Å². The molecule has 0 radical (unpaired) electrons. The van der Waals surface area contributed by atoms with Crippen molar-refractivity contribution in [2.45, 2.75) is 69.6 Å². The number of aromatic nitrogens is 3. The van der Waals surface area contributed by atoms with Gasteiger partial charge in [0.05, 0.1) is 46.4 Å². The summed E-state index contributed by atoms with van der Waals surface area (Å²) in [5.41, 5.74) is 5.56. The number of rotatable bonds is 11. The Kier molecular flexibility index (Phi) is 9.32. The number of aryl methyl sites for hydroxylation is 2. The van der Waals surface area contributed by atoms with Crippen LogP contribution in [0.5, 0.6) is 5.88 Å². The number of likely N-dealkylation sites (tertiary alicyclic amines) is 1. The zero-order chi connectivity index (χ0) is 39.1. The predicted molar refractivity (Wildman–Crippen MR) is 218 cm³/mol. The van der Waals surface area contributed by atoms with Gasteiger partial charge in [-0.15, -0.1) is 0 Å². The number of anilines is 1. The third kappa shape index (κ3) is 6.05. The highest BCUT2D eigenvalue weighted by Crippen LogP contribution is 2.54. The molecule has 11 rings (SSSR count). The maximum Gasteiger partial charge on any atom is 0.226 e. The zero-order valence-electron chi connectivity index (χ0n) is 32.0.